The summed E-state index contributed by atoms with van der Waals surface area (Å²) in [6.45, 7) is 3.09. The Morgan fingerprint density at radius 3 is 2.83 bits per heavy atom. The van der Waals surface area contributed by atoms with Crippen molar-refractivity contribution in [2.24, 2.45) is 0 Å². The Balaban J connectivity index is 1.35. The summed E-state index contributed by atoms with van der Waals surface area (Å²) < 4.78 is 10.7. The van der Waals surface area contributed by atoms with Crippen LogP contribution in [-0.4, -0.2) is 42.1 Å². The van der Waals surface area contributed by atoms with E-state index in [0.717, 1.165) is 27.3 Å². The lowest BCUT2D eigenvalue weighted by molar-refractivity contribution is -0.116. The number of methoxy groups -OCH3 is 1. The highest BCUT2D eigenvalue weighted by atomic mass is 32.1. The maximum atomic E-state index is 12.8. The maximum absolute atomic E-state index is 12.8. The number of nitriles is 1. The van der Waals surface area contributed by atoms with Gasteiger partial charge in [-0.3, -0.25) is 9.78 Å². The molecule has 0 fully saturated rings. The minimum absolute atomic E-state index is 0.0161. The molecule has 186 valence electrons. The molecule has 2 amide bonds. The van der Waals surface area contributed by atoms with Crippen molar-refractivity contribution in [2.45, 2.75) is 38.6 Å². The predicted octanol–water partition coefficient (Wildman–Crippen LogP) is 4.89. The van der Waals surface area contributed by atoms with Crippen LogP contribution in [0.1, 0.15) is 46.4 Å². The molecule has 4 rings (SSSR count). The van der Waals surface area contributed by atoms with Crippen LogP contribution in [0.15, 0.2) is 48.8 Å². The molecular weight excluding hydrogens is 476 g/mol. The first kappa shape index (κ1) is 25.2. The van der Waals surface area contributed by atoms with Gasteiger partial charge in [-0.2, -0.15) is 5.26 Å². The smallest absolute Gasteiger partial charge is 0.410 e. The number of hydrogen-bond donors (Lipinski definition) is 1. The Kier molecular flexibility index (Phi) is 8.18. The van der Waals surface area contributed by atoms with Gasteiger partial charge in [0, 0.05) is 36.7 Å². The first-order valence-electron chi connectivity index (χ1n) is 11.8. The summed E-state index contributed by atoms with van der Waals surface area (Å²) in [5.74, 6) is 0.573. The lowest BCUT2D eigenvalue weighted by Crippen LogP contribution is -2.36. The number of fused-ring (bicyclic) bond motifs is 1. The van der Waals surface area contributed by atoms with Crippen molar-refractivity contribution in [2.75, 3.05) is 25.6 Å². The van der Waals surface area contributed by atoms with Gasteiger partial charge in [-0.05, 0) is 53.3 Å². The third-order valence-electron chi connectivity index (χ3n) is 6.20. The van der Waals surface area contributed by atoms with Crippen LogP contribution in [0.5, 0.6) is 5.75 Å². The zero-order chi connectivity index (χ0) is 25.5. The summed E-state index contributed by atoms with van der Waals surface area (Å²) in [5, 5.41) is 13.2. The molecule has 36 heavy (non-hydrogen) atoms. The van der Waals surface area contributed by atoms with Gasteiger partial charge in [-0.25, -0.2) is 4.79 Å². The third kappa shape index (κ3) is 6.01. The van der Waals surface area contributed by atoms with Crippen molar-refractivity contribution in [3.8, 4) is 11.8 Å². The number of benzene rings is 1. The number of hydrogen-bond acceptors (Lipinski definition) is 7. The maximum Gasteiger partial charge on any atom is 0.410 e. The van der Waals surface area contributed by atoms with Crippen LogP contribution in [-0.2, 0) is 28.9 Å². The second-order valence-corrected chi connectivity index (χ2v) is 9.75. The van der Waals surface area contributed by atoms with E-state index in [2.05, 4.69) is 16.4 Å². The lowest BCUT2D eigenvalue weighted by atomic mass is 9.97. The highest BCUT2D eigenvalue weighted by Crippen LogP contribution is 2.37. The molecule has 0 bridgehead atoms. The van der Waals surface area contributed by atoms with Crippen molar-refractivity contribution in [3.05, 3.63) is 75.9 Å². The fraction of sp³-hybridized carbons (Fsp3) is 0.333. The molecule has 0 spiro atoms. The monoisotopic (exact) mass is 504 g/mol. The summed E-state index contributed by atoms with van der Waals surface area (Å²) >= 11 is 1.35. The van der Waals surface area contributed by atoms with Gasteiger partial charge in [-0.15, -0.1) is 11.3 Å². The third-order valence-corrected chi connectivity index (χ3v) is 7.33. The fourth-order valence-corrected chi connectivity index (χ4v) is 5.41. The number of carbonyl (C=O) groups excluding carboxylic acids is 2. The predicted molar refractivity (Wildman–Crippen MR) is 137 cm³/mol. The molecule has 9 heteroatoms. The van der Waals surface area contributed by atoms with Crippen LogP contribution >= 0.6 is 11.3 Å². The average Bonchev–Trinajstić information content (AvgIpc) is 3.25. The number of pyridine rings is 1. The number of aromatic nitrogens is 1. The zero-order valence-corrected chi connectivity index (χ0v) is 21.1. The molecule has 1 aliphatic heterocycles. The number of amides is 2. The standard InChI is InChI=1S/C27H28N4O4S/c1-18(20-4-3-5-21(15-20)34-2)14-25(32)30-26-23(16-28)22-8-12-31(17-24(22)36-26)27(33)35-13-9-19-6-10-29-11-7-19/h3-7,10-11,15,18H,8-9,12-14,17H2,1-2H3,(H,30,32)/t18-/m0/s1. The molecule has 1 aromatic carbocycles. The van der Waals surface area contributed by atoms with Gasteiger partial charge in [-0.1, -0.05) is 19.1 Å². The van der Waals surface area contributed by atoms with E-state index in [4.69, 9.17) is 9.47 Å². The average molecular weight is 505 g/mol. The van der Waals surface area contributed by atoms with Crippen molar-refractivity contribution in [1.82, 2.24) is 9.88 Å². The topological polar surface area (TPSA) is 105 Å². The molecule has 0 radical (unpaired) electrons. The van der Waals surface area contributed by atoms with Gasteiger partial charge in [0.15, 0.2) is 0 Å². The van der Waals surface area contributed by atoms with Gasteiger partial charge >= 0.3 is 6.09 Å². The van der Waals surface area contributed by atoms with Gasteiger partial charge in [0.25, 0.3) is 0 Å². The first-order chi connectivity index (χ1) is 17.5. The van der Waals surface area contributed by atoms with Gasteiger partial charge < -0.3 is 19.7 Å². The molecular formula is C27H28N4O4S. The summed E-state index contributed by atoms with van der Waals surface area (Å²) in [6.07, 6.45) is 4.49. The van der Waals surface area contributed by atoms with Crippen LogP contribution < -0.4 is 10.1 Å². The molecule has 2 aromatic heterocycles. The number of nitrogens with zero attached hydrogens (tertiary/aromatic N) is 3. The minimum atomic E-state index is -0.376. The molecule has 0 saturated carbocycles. The summed E-state index contributed by atoms with van der Waals surface area (Å²) in [5.41, 5.74) is 3.45. The molecule has 3 aromatic rings. The van der Waals surface area contributed by atoms with Gasteiger partial charge in [0.1, 0.15) is 16.8 Å². The van der Waals surface area contributed by atoms with Gasteiger partial charge in [0.05, 0.1) is 25.8 Å². The Morgan fingerprint density at radius 2 is 2.08 bits per heavy atom. The van der Waals surface area contributed by atoms with Crippen LogP contribution in [0, 0.1) is 11.3 Å². The van der Waals surface area contributed by atoms with E-state index in [0.29, 0.717) is 36.5 Å². The first-order valence-corrected chi connectivity index (χ1v) is 12.6. The Labute approximate surface area is 214 Å². The Bertz CT molecular complexity index is 1270. The summed E-state index contributed by atoms with van der Waals surface area (Å²) in [4.78, 5) is 31.9. The van der Waals surface area contributed by atoms with E-state index in [1.807, 2.05) is 43.3 Å². The molecule has 1 atom stereocenters. The molecule has 1 N–H and O–H groups in total. The van der Waals surface area contributed by atoms with Gasteiger partial charge in [0.2, 0.25) is 5.91 Å². The molecule has 3 heterocycles. The highest BCUT2D eigenvalue weighted by Gasteiger charge is 2.28. The number of nitrogens with one attached hydrogen (secondary N) is 1. The van der Waals surface area contributed by atoms with Crippen LogP contribution in [0.2, 0.25) is 0 Å². The van der Waals surface area contributed by atoms with Crippen molar-refractivity contribution in [3.63, 3.8) is 0 Å². The van der Waals surface area contributed by atoms with Crippen molar-refractivity contribution >= 4 is 28.3 Å². The second kappa shape index (κ2) is 11.7. The number of carbonyl (C=O) groups is 2. The minimum Gasteiger partial charge on any atom is -0.497 e. The number of thiophene rings is 1. The summed E-state index contributed by atoms with van der Waals surface area (Å²) in [6, 6.07) is 13.7. The van der Waals surface area contributed by atoms with E-state index in [-0.39, 0.29) is 30.9 Å². The van der Waals surface area contributed by atoms with Crippen LogP contribution in [0.3, 0.4) is 0 Å². The van der Waals surface area contributed by atoms with E-state index < -0.39 is 0 Å². The summed E-state index contributed by atoms with van der Waals surface area (Å²) in [7, 11) is 1.61. The highest BCUT2D eigenvalue weighted by molar-refractivity contribution is 7.16. The van der Waals surface area contributed by atoms with Crippen molar-refractivity contribution < 1.29 is 19.1 Å². The second-order valence-electron chi connectivity index (χ2n) is 8.64. The van der Waals surface area contributed by atoms with Crippen molar-refractivity contribution in [1.29, 1.82) is 5.26 Å². The van der Waals surface area contributed by atoms with E-state index >= 15 is 0 Å². The van der Waals surface area contributed by atoms with E-state index in [9.17, 15) is 14.9 Å². The normalized spacial score (nSPS) is 13.3. The largest absolute Gasteiger partial charge is 0.497 e. The number of rotatable bonds is 8. The molecule has 0 saturated heterocycles. The fourth-order valence-electron chi connectivity index (χ4n) is 4.18. The molecule has 0 aliphatic carbocycles. The van der Waals surface area contributed by atoms with E-state index in [1.54, 1.807) is 24.4 Å². The number of ether oxygens (including phenoxy) is 2. The lowest BCUT2D eigenvalue weighted by Gasteiger charge is -2.26. The molecule has 8 nitrogen and oxygen atoms in total. The Hall–Kier alpha value is -3.90. The van der Waals surface area contributed by atoms with E-state index in [1.165, 1.54) is 11.3 Å². The Morgan fingerprint density at radius 1 is 1.28 bits per heavy atom. The zero-order valence-electron chi connectivity index (χ0n) is 20.3. The van der Waals surface area contributed by atoms with Crippen LogP contribution in [0.25, 0.3) is 0 Å². The quantitative estimate of drug-likeness (QED) is 0.468. The molecule has 1 aliphatic rings. The van der Waals surface area contributed by atoms with Crippen LogP contribution in [0.4, 0.5) is 9.80 Å². The number of anilines is 1. The SMILES string of the molecule is COc1cccc([C@@H](C)CC(=O)Nc2sc3c(c2C#N)CCN(C(=O)OCCc2ccncc2)C3)c1. The molecule has 0 unspecified atom stereocenters.